The van der Waals surface area contributed by atoms with E-state index in [0.29, 0.717) is 0 Å². The maximum atomic E-state index is 10.9. The summed E-state index contributed by atoms with van der Waals surface area (Å²) in [5, 5.41) is 0. The summed E-state index contributed by atoms with van der Waals surface area (Å²) in [6, 6.07) is 0. The number of carbonyl (C=O) groups excluding carboxylic acids is 1. The van der Waals surface area contributed by atoms with Crippen molar-refractivity contribution in [3.63, 3.8) is 0 Å². The van der Waals surface area contributed by atoms with Gasteiger partial charge in [0.1, 0.15) is 0 Å². The second kappa shape index (κ2) is 6.20. The molecule has 0 amide bonds. The van der Waals surface area contributed by atoms with E-state index in [-0.39, 0.29) is 11.9 Å². The number of carbonyl (C=O) groups is 1. The van der Waals surface area contributed by atoms with E-state index < -0.39 is 0 Å². The Bertz CT molecular complexity index is 110. The van der Waals surface area contributed by atoms with Gasteiger partial charge in [-0.25, -0.2) is 0 Å². The average Bonchev–Trinajstić information content (AvgIpc) is 2.03. The normalized spacial score (nSPS) is 12.6. The van der Waals surface area contributed by atoms with Crippen LogP contribution in [0.3, 0.4) is 0 Å². The van der Waals surface area contributed by atoms with Crippen LogP contribution in [-0.2, 0) is 9.53 Å². The smallest absolute Gasteiger partial charge is 0.308 e. The van der Waals surface area contributed by atoms with E-state index in [1.165, 1.54) is 20.0 Å². The van der Waals surface area contributed by atoms with Crippen molar-refractivity contribution in [1.82, 2.24) is 0 Å². The average molecular weight is 158 g/mol. The quantitative estimate of drug-likeness (QED) is 0.453. The zero-order valence-corrected chi connectivity index (χ0v) is 7.72. The summed E-state index contributed by atoms with van der Waals surface area (Å²) in [5.41, 5.74) is 0. The van der Waals surface area contributed by atoms with Gasteiger partial charge < -0.3 is 4.74 Å². The van der Waals surface area contributed by atoms with Crippen molar-refractivity contribution in [2.24, 2.45) is 5.92 Å². The van der Waals surface area contributed by atoms with Crippen molar-refractivity contribution in [1.29, 1.82) is 0 Å². The molecule has 0 aromatic heterocycles. The van der Waals surface area contributed by atoms with E-state index in [0.717, 1.165) is 12.8 Å². The molecule has 0 rings (SSSR count). The summed E-state index contributed by atoms with van der Waals surface area (Å²) in [6.45, 7) is 4.07. The van der Waals surface area contributed by atoms with Gasteiger partial charge in [-0.1, -0.05) is 33.1 Å². The van der Waals surface area contributed by atoms with E-state index in [1.54, 1.807) is 0 Å². The van der Waals surface area contributed by atoms with Gasteiger partial charge in [0.15, 0.2) is 0 Å². The van der Waals surface area contributed by atoms with Crippen molar-refractivity contribution in [3.8, 4) is 0 Å². The minimum Gasteiger partial charge on any atom is -0.469 e. The molecule has 0 radical (unpaired) electrons. The highest BCUT2D eigenvalue weighted by atomic mass is 16.5. The lowest BCUT2D eigenvalue weighted by Crippen LogP contribution is -2.12. The van der Waals surface area contributed by atoms with Gasteiger partial charge in [-0.2, -0.15) is 0 Å². The van der Waals surface area contributed by atoms with Crippen LogP contribution in [0.15, 0.2) is 0 Å². The number of methoxy groups -OCH3 is 1. The second-order valence-electron chi connectivity index (χ2n) is 2.92. The molecule has 0 aliphatic rings. The van der Waals surface area contributed by atoms with Gasteiger partial charge >= 0.3 is 5.97 Å². The van der Waals surface area contributed by atoms with Crippen molar-refractivity contribution in [2.75, 3.05) is 7.11 Å². The van der Waals surface area contributed by atoms with E-state index in [4.69, 9.17) is 0 Å². The Morgan fingerprint density at radius 3 is 2.55 bits per heavy atom. The van der Waals surface area contributed by atoms with Gasteiger partial charge in [-0.15, -0.1) is 0 Å². The van der Waals surface area contributed by atoms with Gasteiger partial charge in [0, 0.05) is 0 Å². The summed E-state index contributed by atoms with van der Waals surface area (Å²) in [7, 11) is 1.44. The molecule has 0 N–H and O–H groups in total. The first kappa shape index (κ1) is 10.5. The molecule has 0 aromatic rings. The molecule has 0 heterocycles. The molecule has 2 nitrogen and oxygen atoms in total. The fourth-order valence-electron chi connectivity index (χ4n) is 1.02. The third-order valence-electron chi connectivity index (χ3n) is 1.84. The van der Waals surface area contributed by atoms with Crippen LogP contribution in [0, 0.1) is 5.92 Å². The summed E-state index contributed by atoms with van der Waals surface area (Å²) < 4.78 is 4.60. The lowest BCUT2D eigenvalue weighted by molar-refractivity contribution is -0.145. The van der Waals surface area contributed by atoms with Crippen LogP contribution in [0.4, 0.5) is 0 Å². The van der Waals surface area contributed by atoms with E-state index >= 15 is 0 Å². The van der Waals surface area contributed by atoms with Crippen LogP contribution in [0.5, 0.6) is 0 Å². The first-order chi connectivity index (χ1) is 5.22. The highest BCUT2D eigenvalue weighted by molar-refractivity contribution is 5.71. The number of ether oxygens (including phenoxy) is 1. The van der Waals surface area contributed by atoms with Crippen molar-refractivity contribution < 1.29 is 9.53 Å². The Hall–Kier alpha value is -0.530. The number of hydrogen-bond donors (Lipinski definition) is 0. The first-order valence-electron chi connectivity index (χ1n) is 4.30. The van der Waals surface area contributed by atoms with Crippen LogP contribution in [0.1, 0.15) is 39.5 Å². The van der Waals surface area contributed by atoms with Crippen molar-refractivity contribution in [3.05, 3.63) is 0 Å². The minimum absolute atomic E-state index is 0.0755. The molecule has 11 heavy (non-hydrogen) atoms. The SMILES string of the molecule is CCCCC[C@H](C)C(=O)OC. The highest BCUT2D eigenvalue weighted by Gasteiger charge is 2.11. The van der Waals surface area contributed by atoms with E-state index in [2.05, 4.69) is 11.7 Å². The molecule has 0 fully saturated rings. The molecular weight excluding hydrogens is 140 g/mol. The van der Waals surface area contributed by atoms with Crippen LogP contribution in [-0.4, -0.2) is 13.1 Å². The molecule has 0 aromatic carbocycles. The molecule has 0 saturated carbocycles. The Balaban J connectivity index is 3.36. The van der Waals surface area contributed by atoms with Gasteiger partial charge in [0.25, 0.3) is 0 Å². The molecule has 0 spiro atoms. The van der Waals surface area contributed by atoms with Crippen LogP contribution in [0.2, 0.25) is 0 Å². The Morgan fingerprint density at radius 2 is 2.09 bits per heavy atom. The van der Waals surface area contributed by atoms with Gasteiger partial charge in [-0.05, 0) is 6.42 Å². The van der Waals surface area contributed by atoms with Crippen molar-refractivity contribution >= 4 is 5.97 Å². The molecule has 0 unspecified atom stereocenters. The predicted molar refractivity (Wildman–Crippen MR) is 45.3 cm³/mol. The first-order valence-corrected chi connectivity index (χ1v) is 4.30. The fraction of sp³-hybridized carbons (Fsp3) is 0.889. The fourth-order valence-corrected chi connectivity index (χ4v) is 1.02. The molecule has 0 aliphatic carbocycles. The maximum absolute atomic E-state index is 10.9. The zero-order chi connectivity index (χ0) is 8.69. The molecule has 2 heteroatoms. The molecule has 0 bridgehead atoms. The summed E-state index contributed by atoms with van der Waals surface area (Å²) in [6.07, 6.45) is 4.50. The lowest BCUT2D eigenvalue weighted by Gasteiger charge is -2.07. The molecule has 1 atom stereocenters. The minimum atomic E-state index is -0.0823. The molecule has 66 valence electrons. The largest absolute Gasteiger partial charge is 0.469 e. The number of esters is 1. The van der Waals surface area contributed by atoms with Crippen LogP contribution in [0.25, 0.3) is 0 Å². The molecule has 0 saturated heterocycles. The second-order valence-corrected chi connectivity index (χ2v) is 2.92. The summed E-state index contributed by atoms with van der Waals surface area (Å²) in [5.74, 6) is -0.00680. The summed E-state index contributed by atoms with van der Waals surface area (Å²) in [4.78, 5) is 10.9. The predicted octanol–water partition coefficient (Wildman–Crippen LogP) is 2.38. The highest BCUT2D eigenvalue weighted by Crippen LogP contribution is 2.09. The van der Waals surface area contributed by atoms with Crippen LogP contribution < -0.4 is 0 Å². The lowest BCUT2D eigenvalue weighted by atomic mass is 10.0. The standard InChI is InChI=1S/C9H18O2/c1-4-5-6-7-8(2)9(10)11-3/h8H,4-7H2,1-3H3/t8-/m0/s1. The third kappa shape index (κ3) is 4.82. The molecular formula is C9H18O2. The number of unbranched alkanes of at least 4 members (excludes halogenated alkanes) is 2. The maximum Gasteiger partial charge on any atom is 0.308 e. The van der Waals surface area contributed by atoms with Gasteiger partial charge in [0.05, 0.1) is 13.0 Å². The number of hydrogen-bond acceptors (Lipinski definition) is 2. The van der Waals surface area contributed by atoms with Gasteiger partial charge in [-0.3, -0.25) is 4.79 Å². The van der Waals surface area contributed by atoms with E-state index in [1.807, 2.05) is 6.92 Å². The van der Waals surface area contributed by atoms with Crippen LogP contribution >= 0.6 is 0 Å². The topological polar surface area (TPSA) is 26.3 Å². The zero-order valence-electron chi connectivity index (χ0n) is 7.72. The monoisotopic (exact) mass is 158 g/mol. The molecule has 0 aliphatic heterocycles. The Labute approximate surface area is 68.9 Å². The number of rotatable bonds is 5. The van der Waals surface area contributed by atoms with E-state index in [9.17, 15) is 4.79 Å². The Kier molecular flexibility index (Phi) is 5.90. The summed E-state index contributed by atoms with van der Waals surface area (Å²) >= 11 is 0. The van der Waals surface area contributed by atoms with Gasteiger partial charge in [0.2, 0.25) is 0 Å². The Morgan fingerprint density at radius 1 is 1.45 bits per heavy atom. The van der Waals surface area contributed by atoms with Crippen molar-refractivity contribution in [2.45, 2.75) is 39.5 Å². The third-order valence-corrected chi connectivity index (χ3v) is 1.84.